The van der Waals surface area contributed by atoms with E-state index < -0.39 is 17.6 Å². The minimum atomic E-state index is -0.726. The Morgan fingerprint density at radius 3 is 2.61 bits per heavy atom. The van der Waals surface area contributed by atoms with Crippen LogP contribution in [0.15, 0.2) is 12.1 Å². The highest BCUT2D eigenvalue weighted by Crippen LogP contribution is 2.28. The fourth-order valence-electron chi connectivity index (χ4n) is 1.25. The first kappa shape index (κ1) is 14.4. The molecule has 0 N–H and O–H groups in total. The van der Waals surface area contributed by atoms with Crippen molar-refractivity contribution in [1.82, 2.24) is 0 Å². The van der Waals surface area contributed by atoms with E-state index in [1.54, 1.807) is 6.92 Å². The Kier molecular flexibility index (Phi) is 5.09. The van der Waals surface area contributed by atoms with Gasteiger partial charge in [-0.25, -0.2) is 9.18 Å². The van der Waals surface area contributed by atoms with Crippen LogP contribution in [0.2, 0.25) is 5.02 Å². The van der Waals surface area contributed by atoms with Crippen LogP contribution < -0.4 is 4.74 Å². The fourth-order valence-corrected chi connectivity index (χ4v) is 1.45. The van der Waals surface area contributed by atoms with E-state index in [0.29, 0.717) is 0 Å². The number of carbonyl (C=O) groups excluding carboxylic acids is 2. The van der Waals surface area contributed by atoms with Gasteiger partial charge < -0.3 is 9.47 Å². The number of hydrogen-bond acceptors (Lipinski definition) is 4. The van der Waals surface area contributed by atoms with Gasteiger partial charge in [-0.2, -0.15) is 0 Å². The molecule has 0 bridgehead atoms. The molecule has 0 heterocycles. The van der Waals surface area contributed by atoms with Crippen LogP contribution in [0.5, 0.6) is 5.75 Å². The van der Waals surface area contributed by atoms with Crippen LogP contribution in [0.25, 0.3) is 0 Å². The Morgan fingerprint density at radius 1 is 1.39 bits per heavy atom. The van der Waals surface area contributed by atoms with Crippen LogP contribution in [-0.4, -0.2) is 25.0 Å². The van der Waals surface area contributed by atoms with E-state index in [-0.39, 0.29) is 29.5 Å². The highest BCUT2D eigenvalue weighted by Gasteiger charge is 2.14. The zero-order chi connectivity index (χ0) is 13.7. The summed E-state index contributed by atoms with van der Waals surface area (Å²) in [6.07, 6.45) is 0. The molecule has 1 aromatic rings. The quantitative estimate of drug-likeness (QED) is 0.612. The number of hydrogen-bond donors (Lipinski definition) is 0. The zero-order valence-corrected chi connectivity index (χ0v) is 10.7. The number of ether oxygens (including phenoxy) is 2. The molecule has 18 heavy (non-hydrogen) atoms. The summed E-state index contributed by atoms with van der Waals surface area (Å²) in [6, 6.07) is 2.14. The van der Waals surface area contributed by atoms with Gasteiger partial charge in [-0.05, 0) is 26.0 Å². The summed E-state index contributed by atoms with van der Waals surface area (Å²) < 4.78 is 23.1. The molecule has 0 atom stereocenters. The minimum Gasteiger partial charge on any atom is -0.480 e. The molecule has 6 heteroatoms. The lowest BCUT2D eigenvalue weighted by Gasteiger charge is -2.09. The third-order valence-corrected chi connectivity index (χ3v) is 2.35. The fraction of sp³-hybridized carbons (Fsp3) is 0.333. The number of carbonyl (C=O) groups is 2. The zero-order valence-electron chi connectivity index (χ0n) is 9.96. The minimum absolute atomic E-state index is 0.0122. The van der Waals surface area contributed by atoms with E-state index in [9.17, 15) is 14.0 Å². The molecule has 1 aromatic carbocycles. The number of rotatable bonds is 5. The maximum atomic E-state index is 13.3. The van der Waals surface area contributed by atoms with Crippen molar-refractivity contribution in [3.05, 3.63) is 28.5 Å². The predicted octanol–water partition coefficient (Wildman–Crippen LogP) is 2.62. The second-order valence-electron chi connectivity index (χ2n) is 3.41. The summed E-state index contributed by atoms with van der Waals surface area (Å²) in [5.41, 5.74) is -0.141. The lowest BCUT2D eigenvalue weighted by Crippen LogP contribution is -2.15. The predicted molar refractivity (Wildman–Crippen MR) is 63.5 cm³/mol. The molecule has 0 aliphatic heterocycles. The van der Waals surface area contributed by atoms with Gasteiger partial charge in [0.05, 0.1) is 17.2 Å². The molecule has 0 spiro atoms. The van der Waals surface area contributed by atoms with Crippen molar-refractivity contribution in [2.75, 3.05) is 13.2 Å². The molecule has 0 saturated heterocycles. The third-order valence-electron chi connectivity index (χ3n) is 2.05. The van der Waals surface area contributed by atoms with E-state index in [1.165, 1.54) is 13.0 Å². The topological polar surface area (TPSA) is 52.6 Å². The lowest BCUT2D eigenvalue weighted by atomic mass is 10.1. The van der Waals surface area contributed by atoms with Gasteiger partial charge in [0.25, 0.3) is 0 Å². The van der Waals surface area contributed by atoms with Crippen molar-refractivity contribution in [2.24, 2.45) is 0 Å². The first-order chi connectivity index (χ1) is 8.45. The van der Waals surface area contributed by atoms with Gasteiger partial charge >= 0.3 is 5.97 Å². The molecule has 0 radical (unpaired) electrons. The third kappa shape index (κ3) is 3.70. The summed E-state index contributed by atoms with van der Waals surface area (Å²) in [5, 5.41) is -0.0122. The molecule has 0 aliphatic carbocycles. The van der Waals surface area contributed by atoms with Gasteiger partial charge in [0.1, 0.15) is 11.6 Å². The van der Waals surface area contributed by atoms with Crippen molar-refractivity contribution in [3.8, 4) is 5.75 Å². The molecular formula is C12H12ClFO4. The Balaban J connectivity index is 2.86. The molecule has 0 aromatic heterocycles. The van der Waals surface area contributed by atoms with Crippen LogP contribution in [0.1, 0.15) is 24.2 Å². The lowest BCUT2D eigenvalue weighted by molar-refractivity contribution is -0.145. The summed E-state index contributed by atoms with van der Waals surface area (Å²) in [7, 11) is 0. The molecule has 0 saturated carbocycles. The largest absolute Gasteiger partial charge is 0.480 e. The van der Waals surface area contributed by atoms with Crippen LogP contribution in [0.4, 0.5) is 4.39 Å². The maximum Gasteiger partial charge on any atom is 0.344 e. The summed E-state index contributed by atoms with van der Waals surface area (Å²) >= 11 is 5.74. The summed E-state index contributed by atoms with van der Waals surface area (Å²) in [4.78, 5) is 22.2. The summed E-state index contributed by atoms with van der Waals surface area (Å²) in [6.45, 7) is 2.77. The van der Waals surface area contributed by atoms with Gasteiger partial charge in [-0.15, -0.1) is 0 Å². The Morgan fingerprint density at radius 2 is 2.06 bits per heavy atom. The van der Waals surface area contributed by atoms with Crippen molar-refractivity contribution in [3.63, 3.8) is 0 Å². The van der Waals surface area contributed by atoms with E-state index in [1.807, 2.05) is 0 Å². The average molecular weight is 275 g/mol. The van der Waals surface area contributed by atoms with Crippen molar-refractivity contribution in [1.29, 1.82) is 0 Å². The number of esters is 1. The normalized spacial score (nSPS) is 10.0. The molecule has 0 aliphatic rings. The summed E-state index contributed by atoms with van der Waals surface area (Å²) in [5.74, 6) is -1.68. The van der Waals surface area contributed by atoms with Crippen LogP contribution in [0, 0.1) is 5.82 Å². The van der Waals surface area contributed by atoms with Gasteiger partial charge in [-0.1, -0.05) is 11.6 Å². The Hall–Kier alpha value is -1.62. The SMILES string of the molecule is CCOC(=O)COc1cc(C(C)=O)c(F)cc1Cl. The second-order valence-corrected chi connectivity index (χ2v) is 3.82. The van der Waals surface area contributed by atoms with E-state index in [4.69, 9.17) is 16.3 Å². The highest BCUT2D eigenvalue weighted by molar-refractivity contribution is 6.32. The van der Waals surface area contributed by atoms with Crippen LogP contribution >= 0.6 is 11.6 Å². The number of ketones is 1. The number of Topliss-reactive ketones (excluding diaryl/α,β-unsaturated/α-hetero) is 1. The molecule has 1 rings (SSSR count). The second kappa shape index (κ2) is 6.35. The highest BCUT2D eigenvalue weighted by atomic mass is 35.5. The van der Waals surface area contributed by atoms with Gasteiger partial charge in [0.2, 0.25) is 0 Å². The molecule has 98 valence electrons. The Bertz CT molecular complexity index is 473. The van der Waals surface area contributed by atoms with Crippen molar-refractivity contribution in [2.45, 2.75) is 13.8 Å². The van der Waals surface area contributed by atoms with E-state index >= 15 is 0 Å². The first-order valence-electron chi connectivity index (χ1n) is 5.24. The maximum absolute atomic E-state index is 13.3. The van der Waals surface area contributed by atoms with Gasteiger partial charge in [-0.3, -0.25) is 4.79 Å². The van der Waals surface area contributed by atoms with E-state index in [2.05, 4.69) is 4.74 Å². The van der Waals surface area contributed by atoms with E-state index in [0.717, 1.165) is 6.07 Å². The molecule has 0 amide bonds. The smallest absolute Gasteiger partial charge is 0.344 e. The number of halogens is 2. The first-order valence-corrected chi connectivity index (χ1v) is 5.62. The molecule has 0 fully saturated rings. The monoisotopic (exact) mass is 274 g/mol. The molecule has 4 nitrogen and oxygen atoms in total. The molecular weight excluding hydrogens is 263 g/mol. The Labute approximate surface area is 109 Å². The van der Waals surface area contributed by atoms with Crippen molar-refractivity contribution >= 4 is 23.4 Å². The van der Waals surface area contributed by atoms with Crippen LogP contribution in [-0.2, 0) is 9.53 Å². The van der Waals surface area contributed by atoms with Crippen LogP contribution in [0.3, 0.4) is 0 Å². The molecule has 0 unspecified atom stereocenters. The standard InChI is InChI=1S/C12H12ClFO4/c1-3-17-12(16)6-18-11-4-8(7(2)15)10(14)5-9(11)13/h4-5H,3,6H2,1-2H3. The van der Waals surface area contributed by atoms with Crippen molar-refractivity contribution < 1.29 is 23.5 Å². The number of benzene rings is 1. The van der Waals surface area contributed by atoms with Gasteiger partial charge in [0.15, 0.2) is 12.4 Å². The van der Waals surface area contributed by atoms with Gasteiger partial charge in [0, 0.05) is 0 Å². The average Bonchev–Trinajstić information content (AvgIpc) is 2.27.